The van der Waals surface area contributed by atoms with E-state index >= 15 is 0 Å². The van der Waals surface area contributed by atoms with Crippen LogP contribution in [0.1, 0.15) is 33.6 Å². The van der Waals surface area contributed by atoms with Gasteiger partial charge in [0.25, 0.3) is 0 Å². The van der Waals surface area contributed by atoms with E-state index in [1.807, 2.05) is 14.0 Å². The van der Waals surface area contributed by atoms with E-state index in [0.29, 0.717) is 24.7 Å². The summed E-state index contributed by atoms with van der Waals surface area (Å²) in [5, 5.41) is 6.88. The molecule has 0 aromatic rings. The molecule has 0 aromatic heterocycles. The van der Waals surface area contributed by atoms with Crippen LogP contribution in [-0.2, 0) is 9.47 Å². The van der Waals surface area contributed by atoms with Crippen molar-refractivity contribution in [2.75, 3.05) is 33.4 Å². The molecule has 2 rings (SSSR count). The van der Waals surface area contributed by atoms with Gasteiger partial charge in [-0.05, 0) is 19.8 Å². The van der Waals surface area contributed by atoms with E-state index in [1.54, 1.807) is 0 Å². The van der Waals surface area contributed by atoms with Gasteiger partial charge >= 0.3 is 0 Å². The number of rotatable bonds is 5. The Morgan fingerprint density at radius 2 is 2.25 bits per heavy atom. The molecule has 0 amide bonds. The summed E-state index contributed by atoms with van der Waals surface area (Å²) in [6, 6.07) is 0.436. The first-order valence-corrected chi connectivity index (χ1v) is 7.77. The van der Waals surface area contributed by atoms with Crippen LogP contribution in [0.4, 0.5) is 0 Å². The van der Waals surface area contributed by atoms with Crippen LogP contribution >= 0.6 is 0 Å². The predicted octanol–water partition coefficient (Wildman–Crippen LogP) is 1.39. The zero-order valence-electron chi connectivity index (χ0n) is 13.2. The molecule has 1 aliphatic carbocycles. The number of fused-ring (bicyclic) bond motifs is 1. The average molecular weight is 283 g/mol. The standard InChI is InChI=1S/C15H29N3O2/c1-5-19-10-8-17-14(16-4)18-12-11-7-6-9-20-13(11)15(12,2)3/h11-13H,5-10H2,1-4H3,(H2,16,17,18). The number of ether oxygens (including phenoxy) is 2. The number of guanidine groups is 1. The highest BCUT2D eigenvalue weighted by Crippen LogP contribution is 2.51. The Balaban J connectivity index is 1.84. The molecule has 3 atom stereocenters. The number of nitrogens with one attached hydrogen (secondary N) is 2. The third-order valence-electron chi connectivity index (χ3n) is 4.59. The summed E-state index contributed by atoms with van der Waals surface area (Å²) in [5.41, 5.74) is 0.169. The van der Waals surface area contributed by atoms with Crippen LogP contribution in [0.25, 0.3) is 0 Å². The van der Waals surface area contributed by atoms with Crippen LogP contribution in [0.15, 0.2) is 4.99 Å². The molecule has 1 aliphatic heterocycles. The lowest BCUT2D eigenvalue weighted by Crippen LogP contribution is -2.71. The van der Waals surface area contributed by atoms with Gasteiger partial charge in [0.15, 0.2) is 5.96 Å². The third-order valence-corrected chi connectivity index (χ3v) is 4.59. The minimum atomic E-state index is 0.169. The van der Waals surface area contributed by atoms with Gasteiger partial charge in [-0.25, -0.2) is 0 Å². The number of nitrogens with zero attached hydrogens (tertiary/aromatic N) is 1. The molecule has 0 bridgehead atoms. The lowest BCUT2D eigenvalue weighted by Gasteiger charge is -2.60. The predicted molar refractivity (Wildman–Crippen MR) is 81.0 cm³/mol. The van der Waals surface area contributed by atoms with Crippen molar-refractivity contribution in [3.8, 4) is 0 Å². The number of aliphatic imine (C=N–C) groups is 1. The Labute approximate surface area is 122 Å². The van der Waals surface area contributed by atoms with E-state index in [-0.39, 0.29) is 5.41 Å². The summed E-state index contributed by atoms with van der Waals surface area (Å²) in [6.07, 6.45) is 2.82. The SMILES string of the molecule is CCOCCNC(=NC)NC1C2CCCOC2C1(C)C. The van der Waals surface area contributed by atoms with Crippen molar-refractivity contribution in [3.63, 3.8) is 0 Å². The van der Waals surface area contributed by atoms with E-state index in [4.69, 9.17) is 9.47 Å². The van der Waals surface area contributed by atoms with Gasteiger partial charge in [0.2, 0.25) is 0 Å². The molecular formula is C15H29N3O2. The average Bonchev–Trinajstić information content (AvgIpc) is 2.46. The minimum Gasteiger partial charge on any atom is -0.380 e. The first-order valence-electron chi connectivity index (χ1n) is 7.77. The van der Waals surface area contributed by atoms with Crippen LogP contribution < -0.4 is 10.6 Å². The molecule has 5 heteroatoms. The van der Waals surface area contributed by atoms with Gasteiger partial charge in [-0.3, -0.25) is 4.99 Å². The summed E-state index contributed by atoms with van der Waals surface area (Å²) >= 11 is 0. The Morgan fingerprint density at radius 1 is 1.45 bits per heavy atom. The first-order chi connectivity index (χ1) is 9.61. The quantitative estimate of drug-likeness (QED) is 0.455. The van der Waals surface area contributed by atoms with Gasteiger partial charge in [-0.2, -0.15) is 0 Å². The summed E-state index contributed by atoms with van der Waals surface area (Å²) < 4.78 is 11.3. The highest BCUT2D eigenvalue weighted by Gasteiger charge is 2.58. The van der Waals surface area contributed by atoms with Crippen molar-refractivity contribution in [2.24, 2.45) is 16.3 Å². The Morgan fingerprint density at radius 3 is 2.95 bits per heavy atom. The van der Waals surface area contributed by atoms with E-state index in [1.165, 1.54) is 12.8 Å². The van der Waals surface area contributed by atoms with Crippen LogP contribution in [0.5, 0.6) is 0 Å². The molecule has 1 heterocycles. The van der Waals surface area contributed by atoms with Gasteiger partial charge in [0.1, 0.15) is 0 Å². The molecule has 3 unspecified atom stereocenters. The second kappa shape index (κ2) is 6.76. The van der Waals surface area contributed by atoms with Crippen molar-refractivity contribution in [1.82, 2.24) is 10.6 Å². The zero-order chi connectivity index (χ0) is 14.6. The van der Waals surface area contributed by atoms with Crippen LogP contribution in [0, 0.1) is 11.3 Å². The zero-order valence-corrected chi connectivity index (χ0v) is 13.2. The van der Waals surface area contributed by atoms with E-state index in [9.17, 15) is 0 Å². The maximum absolute atomic E-state index is 5.93. The van der Waals surface area contributed by atoms with Crippen molar-refractivity contribution < 1.29 is 9.47 Å². The van der Waals surface area contributed by atoms with E-state index in [2.05, 4.69) is 29.5 Å². The fourth-order valence-electron chi connectivity index (χ4n) is 3.54. The number of hydrogen-bond acceptors (Lipinski definition) is 3. The molecule has 1 saturated heterocycles. The van der Waals surface area contributed by atoms with E-state index < -0.39 is 0 Å². The molecule has 2 aliphatic rings. The second-order valence-electron chi connectivity index (χ2n) is 6.24. The Kier molecular flexibility index (Phi) is 5.27. The summed E-state index contributed by atoms with van der Waals surface area (Å²) in [4.78, 5) is 4.31. The maximum Gasteiger partial charge on any atom is 0.191 e. The normalized spacial score (nSPS) is 32.2. The van der Waals surface area contributed by atoms with Gasteiger partial charge in [0.05, 0.1) is 12.7 Å². The highest BCUT2D eigenvalue weighted by molar-refractivity contribution is 5.80. The molecule has 0 spiro atoms. The Bertz CT molecular complexity index is 344. The van der Waals surface area contributed by atoms with E-state index in [0.717, 1.165) is 25.7 Å². The van der Waals surface area contributed by atoms with Crippen molar-refractivity contribution in [3.05, 3.63) is 0 Å². The Hall–Kier alpha value is -0.810. The second-order valence-corrected chi connectivity index (χ2v) is 6.24. The van der Waals surface area contributed by atoms with Gasteiger partial charge < -0.3 is 20.1 Å². The number of hydrogen-bond donors (Lipinski definition) is 2. The van der Waals surface area contributed by atoms with Crippen LogP contribution in [0.2, 0.25) is 0 Å². The van der Waals surface area contributed by atoms with Gasteiger partial charge in [-0.1, -0.05) is 13.8 Å². The monoisotopic (exact) mass is 283 g/mol. The summed E-state index contributed by atoms with van der Waals surface area (Å²) in [6.45, 7) is 9.73. The summed E-state index contributed by atoms with van der Waals surface area (Å²) in [7, 11) is 1.82. The lowest BCUT2D eigenvalue weighted by atomic mass is 9.55. The first kappa shape index (κ1) is 15.6. The van der Waals surface area contributed by atoms with Crippen LogP contribution in [-0.4, -0.2) is 51.5 Å². The molecule has 1 saturated carbocycles. The highest BCUT2D eigenvalue weighted by atomic mass is 16.5. The minimum absolute atomic E-state index is 0.169. The fourth-order valence-corrected chi connectivity index (χ4v) is 3.54. The summed E-state index contributed by atoms with van der Waals surface area (Å²) in [5.74, 6) is 1.48. The largest absolute Gasteiger partial charge is 0.380 e. The van der Waals surface area contributed by atoms with Gasteiger partial charge in [0, 0.05) is 44.2 Å². The molecule has 5 nitrogen and oxygen atoms in total. The fraction of sp³-hybridized carbons (Fsp3) is 0.933. The topological polar surface area (TPSA) is 54.9 Å². The molecule has 0 aromatic carbocycles. The van der Waals surface area contributed by atoms with Crippen molar-refractivity contribution in [2.45, 2.75) is 45.8 Å². The third kappa shape index (κ3) is 3.09. The van der Waals surface area contributed by atoms with Crippen molar-refractivity contribution in [1.29, 1.82) is 0 Å². The smallest absolute Gasteiger partial charge is 0.191 e. The molecule has 2 fully saturated rings. The molecule has 116 valence electrons. The molecule has 0 radical (unpaired) electrons. The molecule has 2 N–H and O–H groups in total. The van der Waals surface area contributed by atoms with Crippen LogP contribution in [0.3, 0.4) is 0 Å². The maximum atomic E-state index is 5.93. The van der Waals surface area contributed by atoms with Crippen molar-refractivity contribution >= 4 is 5.96 Å². The molecular weight excluding hydrogens is 254 g/mol. The molecule has 20 heavy (non-hydrogen) atoms. The van der Waals surface area contributed by atoms with Gasteiger partial charge in [-0.15, -0.1) is 0 Å². The lowest BCUT2D eigenvalue weighted by molar-refractivity contribution is -0.188.